The molecular weight excluding hydrogens is 322 g/mol. The standard InChI is InChI=1S/C18H25N3O2S/c1-11(8-16-13(3)20-23-14(16)4)18(22)21-7-5-6-15(9-21)17-19-12(2)10-24-17/h10-11,15H,5-9H2,1-4H3/t11-,15-/m1/s1. The van der Waals surface area contributed by atoms with Crippen LogP contribution in [0.3, 0.4) is 0 Å². The molecule has 0 spiro atoms. The zero-order chi connectivity index (χ0) is 17.3. The minimum Gasteiger partial charge on any atom is -0.361 e. The fourth-order valence-electron chi connectivity index (χ4n) is 3.44. The van der Waals surface area contributed by atoms with Gasteiger partial charge in [0.2, 0.25) is 5.91 Å². The van der Waals surface area contributed by atoms with Crippen molar-refractivity contribution >= 4 is 17.2 Å². The maximum atomic E-state index is 12.9. The van der Waals surface area contributed by atoms with Gasteiger partial charge in [0.05, 0.1) is 10.7 Å². The highest BCUT2D eigenvalue weighted by Gasteiger charge is 2.29. The molecule has 3 heterocycles. The Bertz CT molecular complexity index is 702. The minimum absolute atomic E-state index is 0.0569. The zero-order valence-corrected chi connectivity index (χ0v) is 15.7. The molecule has 5 nitrogen and oxygen atoms in total. The van der Waals surface area contributed by atoms with Gasteiger partial charge in [-0.15, -0.1) is 11.3 Å². The third-order valence-electron chi connectivity index (χ3n) is 4.83. The highest BCUT2D eigenvalue weighted by Crippen LogP contribution is 2.30. The number of hydrogen-bond donors (Lipinski definition) is 0. The van der Waals surface area contributed by atoms with E-state index in [9.17, 15) is 4.79 Å². The molecule has 2 aromatic heterocycles. The molecule has 0 aromatic carbocycles. The van der Waals surface area contributed by atoms with E-state index in [0.29, 0.717) is 12.3 Å². The van der Waals surface area contributed by atoms with Crippen molar-refractivity contribution in [2.24, 2.45) is 5.92 Å². The van der Waals surface area contributed by atoms with Gasteiger partial charge in [0.15, 0.2) is 0 Å². The van der Waals surface area contributed by atoms with Crippen molar-refractivity contribution in [2.45, 2.75) is 52.9 Å². The molecule has 6 heteroatoms. The Morgan fingerprint density at radius 1 is 1.46 bits per heavy atom. The Labute approximate surface area is 147 Å². The summed E-state index contributed by atoms with van der Waals surface area (Å²) in [6.07, 6.45) is 2.86. The van der Waals surface area contributed by atoms with Gasteiger partial charge in [-0.25, -0.2) is 4.98 Å². The van der Waals surface area contributed by atoms with Crippen LogP contribution in [0.25, 0.3) is 0 Å². The smallest absolute Gasteiger partial charge is 0.225 e. The molecule has 130 valence electrons. The quantitative estimate of drug-likeness (QED) is 0.847. The van der Waals surface area contributed by atoms with Gasteiger partial charge in [0.25, 0.3) is 0 Å². The summed E-state index contributed by atoms with van der Waals surface area (Å²) in [6, 6.07) is 0. The lowest BCUT2D eigenvalue weighted by Crippen LogP contribution is -2.42. The van der Waals surface area contributed by atoms with Crippen molar-refractivity contribution in [3.05, 3.63) is 33.1 Å². The van der Waals surface area contributed by atoms with Crippen LogP contribution in [0.15, 0.2) is 9.90 Å². The first-order chi connectivity index (χ1) is 11.5. The molecule has 0 bridgehead atoms. The van der Waals surface area contributed by atoms with E-state index in [1.165, 1.54) is 5.01 Å². The Morgan fingerprint density at radius 2 is 2.25 bits per heavy atom. The summed E-state index contributed by atoms with van der Waals surface area (Å²) in [5.74, 6) is 1.38. The van der Waals surface area contributed by atoms with Crippen LogP contribution in [0, 0.1) is 26.7 Å². The van der Waals surface area contributed by atoms with Crippen molar-refractivity contribution in [1.82, 2.24) is 15.0 Å². The van der Waals surface area contributed by atoms with Crippen LogP contribution in [0.5, 0.6) is 0 Å². The molecule has 0 aliphatic carbocycles. The molecule has 24 heavy (non-hydrogen) atoms. The van der Waals surface area contributed by atoms with Crippen LogP contribution in [0.2, 0.25) is 0 Å². The number of thiazole rings is 1. The summed E-state index contributed by atoms with van der Waals surface area (Å²) in [6.45, 7) is 9.52. The number of carbonyl (C=O) groups is 1. The van der Waals surface area contributed by atoms with Crippen molar-refractivity contribution in [2.75, 3.05) is 13.1 Å². The summed E-state index contributed by atoms with van der Waals surface area (Å²) in [5, 5.41) is 7.25. The zero-order valence-electron chi connectivity index (χ0n) is 14.8. The van der Waals surface area contributed by atoms with E-state index in [0.717, 1.165) is 48.6 Å². The van der Waals surface area contributed by atoms with Gasteiger partial charge < -0.3 is 9.42 Å². The highest BCUT2D eigenvalue weighted by atomic mass is 32.1. The fourth-order valence-corrected chi connectivity index (χ4v) is 4.36. The normalized spacial score (nSPS) is 19.5. The van der Waals surface area contributed by atoms with Crippen LogP contribution in [-0.4, -0.2) is 34.0 Å². The second kappa shape index (κ2) is 7.05. The first-order valence-electron chi connectivity index (χ1n) is 8.58. The molecular formula is C18H25N3O2S. The second-order valence-corrected chi connectivity index (χ2v) is 7.75. The molecule has 1 fully saturated rings. The van der Waals surface area contributed by atoms with Crippen molar-refractivity contribution in [3.63, 3.8) is 0 Å². The molecule has 0 N–H and O–H groups in total. The molecule has 0 saturated carbocycles. The molecule has 0 radical (unpaired) electrons. The number of carbonyl (C=O) groups excluding carboxylic acids is 1. The lowest BCUT2D eigenvalue weighted by molar-refractivity contribution is -0.136. The third-order valence-corrected chi connectivity index (χ3v) is 5.96. The molecule has 3 rings (SSSR count). The number of likely N-dealkylation sites (tertiary alicyclic amines) is 1. The van der Waals surface area contributed by atoms with Crippen LogP contribution < -0.4 is 0 Å². The first-order valence-corrected chi connectivity index (χ1v) is 9.46. The van der Waals surface area contributed by atoms with Crippen molar-refractivity contribution < 1.29 is 9.32 Å². The third kappa shape index (κ3) is 3.53. The molecule has 0 unspecified atom stereocenters. The number of aromatic nitrogens is 2. The first kappa shape index (κ1) is 17.1. The number of rotatable bonds is 4. The van der Waals surface area contributed by atoms with Crippen LogP contribution in [-0.2, 0) is 11.2 Å². The summed E-state index contributed by atoms with van der Waals surface area (Å²) in [5.41, 5.74) is 3.03. The van der Waals surface area contributed by atoms with Gasteiger partial charge in [-0.2, -0.15) is 0 Å². The number of amides is 1. The van der Waals surface area contributed by atoms with Gasteiger partial charge in [0.1, 0.15) is 5.76 Å². The SMILES string of the molecule is Cc1csc([C@@H]2CCCN(C(=O)[C@H](C)Cc3c(C)noc3C)C2)n1. The maximum absolute atomic E-state index is 12.9. The molecule has 2 atom stereocenters. The van der Waals surface area contributed by atoms with E-state index in [-0.39, 0.29) is 11.8 Å². The van der Waals surface area contributed by atoms with Crippen molar-refractivity contribution in [1.29, 1.82) is 0 Å². The molecule has 2 aromatic rings. The Morgan fingerprint density at radius 3 is 2.88 bits per heavy atom. The molecule has 1 saturated heterocycles. The molecule has 1 amide bonds. The predicted octanol–water partition coefficient (Wildman–Crippen LogP) is 3.64. The summed E-state index contributed by atoms with van der Waals surface area (Å²) >= 11 is 1.72. The Balaban J connectivity index is 1.65. The van der Waals surface area contributed by atoms with E-state index < -0.39 is 0 Å². The maximum Gasteiger partial charge on any atom is 0.225 e. The fraction of sp³-hybridized carbons (Fsp3) is 0.611. The summed E-state index contributed by atoms with van der Waals surface area (Å²) in [4.78, 5) is 19.5. The lowest BCUT2D eigenvalue weighted by Gasteiger charge is -2.33. The van der Waals surface area contributed by atoms with E-state index in [2.05, 4.69) is 15.5 Å². The van der Waals surface area contributed by atoms with Crippen LogP contribution in [0.4, 0.5) is 0 Å². The monoisotopic (exact) mass is 347 g/mol. The number of nitrogens with zero attached hydrogens (tertiary/aromatic N) is 3. The van der Waals surface area contributed by atoms with Crippen molar-refractivity contribution in [3.8, 4) is 0 Å². The van der Waals surface area contributed by atoms with Gasteiger partial charge in [-0.3, -0.25) is 4.79 Å². The lowest BCUT2D eigenvalue weighted by atomic mass is 9.94. The largest absolute Gasteiger partial charge is 0.361 e. The van der Waals surface area contributed by atoms with E-state index in [1.807, 2.05) is 32.6 Å². The van der Waals surface area contributed by atoms with Gasteiger partial charge in [0, 0.05) is 41.6 Å². The van der Waals surface area contributed by atoms with E-state index in [4.69, 9.17) is 4.52 Å². The minimum atomic E-state index is -0.0569. The Hall–Kier alpha value is -1.69. The summed E-state index contributed by atoms with van der Waals surface area (Å²) < 4.78 is 5.22. The van der Waals surface area contributed by atoms with Gasteiger partial charge >= 0.3 is 0 Å². The van der Waals surface area contributed by atoms with E-state index in [1.54, 1.807) is 11.3 Å². The summed E-state index contributed by atoms with van der Waals surface area (Å²) in [7, 11) is 0. The van der Waals surface area contributed by atoms with Gasteiger partial charge in [-0.05, 0) is 40.0 Å². The average molecular weight is 347 g/mol. The number of piperidine rings is 1. The van der Waals surface area contributed by atoms with E-state index >= 15 is 0 Å². The van der Waals surface area contributed by atoms with Crippen LogP contribution in [0.1, 0.15) is 53.4 Å². The average Bonchev–Trinajstić information content (AvgIpc) is 3.15. The Kier molecular flexibility index (Phi) is 5.04. The predicted molar refractivity (Wildman–Crippen MR) is 94.3 cm³/mol. The molecule has 1 aliphatic rings. The van der Waals surface area contributed by atoms with Crippen LogP contribution >= 0.6 is 11.3 Å². The highest BCUT2D eigenvalue weighted by molar-refractivity contribution is 7.09. The number of hydrogen-bond acceptors (Lipinski definition) is 5. The second-order valence-electron chi connectivity index (χ2n) is 6.86. The number of aryl methyl sites for hydroxylation is 3. The van der Waals surface area contributed by atoms with Gasteiger partial charge in [-0.1, -0.05) is 12.1 Å². The topological polar surface area (TPSA) is 59.2 Å². The molecule has 1 aliphatic heterocycles.